The molecule has 6 heteroatoms. The van der Waals surface area contributed by atoms with E-state index in [1.54, 1.807) is 0 Å². The largest absolute Gasteiger partial charge is 0.287 e. The number of carbonyl (C=O) groups excluding carboxylic acids is 1. The van der Waals surface area contributed by atoms with E-state index in [-0.39, 0.29) is 5.71 Å². The number of nitrogens with zero attached hydrogens (tertiary/aromatic N) is 3. The van der Waals surface area contributed by atoms with Crippen LogP contribution in [0.3, 0.4) is 0 Å². The Morgan fingerprint density at radius 3 is 3.27 bits per heavy atom. The zero-order valence-electron chi connectivity index (χ0n) is 5.28. The highest BCUT2D eigenvalue weighted by Crippen LogP contribution is 2.07. The zero-order chi connectivity index (χ0) is 7.84. The van der Waals surface area contributed by atoms with Crippen LogP contribution in [0.2, 0.25) is 0 Å². The van der Waals surface area contributed by atoms with Crippen molar-refractivity contribution < 1.29 is 9.18 Å². The van der Waals surface area contributed by atoms with Crippen LogP contribution < -0.4 is 5.32 Å². The number of hydrogen-bond donors (Lipinski definition) is 1. The van der Waals surface area contributed by atoms with Crippen molar-refractivity contribution in [2.45, 2.75) is 6.17 Å². The molecule has 1 N–H and O–H groups in total. The number of aliphatic imine (C=N–C) groups is 3. The number of fused-ring (bicyclic) bond motifs is 1. The van der Waals surface area contributed by atoms with Gasteiger partial charge in [-0.2, -0.15) is 4.39 Å². The molecule has 0 aromatic heterocycles. The van der Waals surface area contributed by atoms with E-state index in [0.717, 1.165) is 0 Å². The molecule has 5 nitrogen and oxygen atoms in total. The van der Waals surface area contributed by atoms with Gasteiger partial charge in [-0.1, -0.05) is 0 Å². The molecule has 1 atom stereocenters. The second-order valence-corrected chi connectivity index (χ2v) is 2.03. The van der Waals surface area contributed by atoms with Crippen LogP contribution in [0.15, 0.2) is 15.0 Å². The van der Waals surface area contributed by atoms with Crippen LogP contribution in [-0.2, 0) is 4.79 Å². The van der Waals surface area contributed by atoms with E-state index in [1.165, 1.54) is 6.34 Å². The summed E-state index contributed by atoms with van der Waals surface area (Å²) in [6, 6.07) is 0. The molecule has 2 aliphatic rings. The third kappa shape index (κ3) is 0.830. The van der Waals surface area contributed by atoms with Crippen molar-refractivity contribution in [2.75, 3.05) is 0 Å². The molecular formula is C5H3FN4O. The van der Waals surface area contributed by atoms with Crippen LogP contribution in [-0.4, -0.2) is 30.2 Å². The predicted octanol–water partition coefficient (Wildman–Crippen LogP) is -0.749. The molecule has 0 bridgehead atoms. The summed E-state index contributed by atoms with van der Waals surface area (Å²) in [6.07, 6.45) is -0.469. The smallest absolute Gasteiger partial charge is 0.281 e. The van der Waals surface area contributed by atoms with Crippen LogP contribution >= 0.6 is 0 Å². The Morgan fingerprint density at radius 1 is 1.64 bits per heavy atom. The number of amides is 1. The normalized spacial score (nSPS) is 27.4. The molecule has 1 unspecified atom stereocenters. The van der Waals surface area contributed by atoms with E-state index < -0.39 is 18.2 Å². The first kappa shape index (κ1) is 6.14. The molecule has 0 aromatic carbocycles. The Bertz CT molecular complexity index is 306. The molecule has 0 fully saturated rings. The first-order valence-corrected chi connectivity index (χ1v) is 2.91. The summed E-state index contributed by atoms with van der Waals surface area (Å²) < 4.78 is 12.4. The van der Waals surface area contributed by atoms with E-state index in [0.29, 0.717) is 0 Å². The van der Waals surface area contributed by atoms with Gasteiger partial charge >= 0.3 is 0 Å². The summed E-state index contributed by atoms with van der Waals surface area (Å²) in [7, 11) is 0. The highest BCUT2D eigenvalue weighted by Gasteiger charge is 2.30. The Hall–Kier alpha value is -1.59. The number of halogens is 1. The summed E-state index contributed by atoms with van der Waals surface area (Å²) in [4.78, 5) is 21.5. The lowest BCUT2D eigenvalue weighted by Crippen LogP contribution is -2.43. The minimum Gasteiger partial charge on any atom is -0.281 e. The average molecular weight is 154 g/mol. The number of rotatable bonds is 0. The van der Waals surface area contributed by atoms with Gasteiger partial charge in [-0.3, -0.25) is 10.1 Å². The van der Waals surface area contributed by atoms with Gasteiger partial charge in [-0.25, -0.2) is 15.0 Å². The van der Waals surface area contributed by atoms with Gasteiger partial charge in [0.25, 0.3) is 12.0 Å². The topological polar surface area (TPSA) is 66.2 Å². The SMILES string of the molecule is O=C1NC(F)=NC2N=CN=C12. The first-order valence-electron chi connectivity index (χ1n) is 2.91. The fraction of sp³-hybridized carbons (Fsp3) is 0.200. The van der Waals surface area contributed by atoms with Crippen molar-refractivity contribution in [1.82, 2.24) is 5.32 Å². The summed E-state index contributed by atoms with van der Waals surface area (Å²) in [6.45, 7) is 0. The predicted molar refractivity (Wildman–Crippen MR) is 36.4 cm³/mol. The van der Waals surface area contributed by atoms with E-state index in [9.17, 15) is 9.18 Å². The maximum absolute atomic E-state index is 12.4. The molecule has 0 aromatic rings. The highest BCUT2D eigenvalue weighted by molar-refractivity contribution is 6.46. The standard InChI is InChI=1S/C5H3FN4O/c6-5-9-3-2(4(11)10-5)7-1-8-3/h1,3H,(H,9,10,11). The maximum atomic E-state index is 12.4. The van der Waals surface area contributed by atoms with Gasteiger partial charge < -0.3 is 0 Å². The molecule has 11 heavy (non-hydrogen) atoms. The van der Waals surface area contributed by atoms with Gasteiger partial charge in [0.15, 0.2) is 11.9 Å². The van der Waals surface area contributed by atoms with Gasteiger partial charge in [-0.15, -0.1) is 0 Å². The van der Waals surface area contributed by atoms with Crippen molar-refractivity contribution in [2.24, 2.45) is 15.0 Å². The molecule has 2 rings (SSSR count). The minimum atomic E-state index is -0.905. The summed E-state index contributed by atoms with van der Waals surface area (Å²) in [5.41, 5.74) is 0.145. The lowest BCUT2D eigenvalue weighted by Gasteiger charge is -2.11. The number of carbonyl (C=O) groups is 1. The Kier molecular flexibility index (Phi) is 1.09. The number of amidine groups is 1. The van der Waals surface area contributed by atoms with Crippen molar-refractivity contribution in [3.63, 3.8) is 0 Å². The van der Waals surface area contributed by atoms with Gasteiger partial charge in [0, 0.05) is 0 Å². The van der Waals surface area contributed by atoms with Crippen LogP contribution in [0, 0.1) is 0 Å². The number of nitrogens with one attached hydrogen (secondary N) is 1. The third-order valence-electron chi connectivity index (χ3n) is 1.33. The zero-order valence-corrected chi connectivity index (χ0v) is 5.28. The Balaban J connectivity index is 2.42. The molecule has 0 spiro atoms. The molecule has 1 amide bonds. The molecule has 0 radical (unpaired) electrons. The summed E-state index contributed by atoms with van der Waals surface area (Å²) >= 11 is 0. The van der Waals surface area contributed by atoms with Gasteiger partial charge in [0.05, 0.1) is 0 Å². The fourth-order valence-electron chi connectivity index (χ4n) is 0.864. The van der Waals surface area contributed by atoms with Crippen molar-refractivity contribution in [1.29, 1.82) is 0 Å². The lowest BCUT2D eigenvalue weighted by molar-refractivity contribution is -0.113. The van der Waals surface area contributed by atoms with Gasteiger partial charge in [0.2, 0.25) is 0 Å². The second kappa shape index (κ2) is 1.94. The molecule has 0 aliphatic carbocycles. The van der Waals surface area contributed by atoms with E-state index in [4.69, 9.17) is 0 Å². The first-order chi connectivity index (χ1) is 5.27. The van der Waals surface area contributed by atoms with Crippen LogP contribution in [0.25, 0.3) is 0 Å². The second-order valence-electron chi connectivity index (χ2n) is 2.03. The van der Waals surface area contributed by atoms with Crippen LogP contribution in [0.4, 0.5) is 4.39 Å². The molecule has 2 aliphatic heterocycles. The van der Waals surface area contributed by atoms with Crippen molar-refractivity contribution >= 4 is 24.0 Å². The quantitative estimate of drug-likeness (QED) is 0.458. The van der Waals surface area contributed by atoms with E-state index in [1.807, 2.05) is 5.32 Å². The Labute approximate surface area is 60.8 Å². The van der Waals surface area contributed by atoms with E-state index >= 15 is 0 Å². The lowest BCUT2D eigenvalue weighted by atomic mass is 10.3. The van der Waals surface area contributed by atoms with E-state index in [2.05, 4.69) is 15.0 Å². The summed E-state index contributed by atoms with van der Waals surface area (Å²) in [5.74, 6) is -0.569. The average Bonchev–Trinajstić information content (AvgIpc) is 2.34. The summed E-state index contributed by atoms with van der Waals surface area (Å²) in [5, 5.41) is 1.88. The van der Waals surface area contributed by atoms with Crippen molar-refractivity contribution in [3.05, 3.63) is 0 Å². The molecule has 2 heterocycles. The maximum Gasteiger partial charge on any atom is 0.287 e. The fourth-order valence-corrected chi connectivity index (χ4v) is 0.864. The highest BCUT2D eigenvalue weighted by atomic mass is 19.1. The van der Waals surface area contributed by atoms with Crippen molar-refractivity contribution in [3.8, 4) is 0 Å². The van der Waals surface area contributed by atoms with Crippen LogP contribution in [0.1, 0.15) is 0 Å². The molecule has 0 saturated carbocycles. The monoisotopic (exact) mass is 154 g/mol. The Morgan fingerprint density at radius 2 is 2.45 bits per heavy atom. The van der Waals surface area contributed by atoms with Gasteiger partial charge in [0.1, 0.15) is 6.34 Å². The van der Waals surface area contributed by atoms with Crippen LogP contribution in [0.5, 0.6) is 0 Å². The number of hydrogen-bond acceptors (Lipinski definition) is 4. The molecule has 56 valence electrons. The van der Waals surface area contributed by atoms with Gasteiger partial charge in [-0.05, 0) is 0 Å². The molecule has 0 saturated heterocycles. The molecular weight excluding hydrogens is 151 g/mol. The minimum absolute atomic E-state index is 0.145. The third-order valence-corrected chi connectivity index (χ3v) is 1.33.